The molecule has 0 N–H and O–H groups in total. The highest BCUT2D eigenvalue weighted by atomic mass is 15.1. The average Bonchev–Trinajstić information content (AvgIpc) is 3.82. The summed E-state index contributed by atoms with van der Waals surface area (Å²) in [7, 11) is 0. The van der Waals surface area contributed by atoms with Gasteiger partial charge in [0.1, 0.15) is 0 Å². The fourth-order valence-corrected chi connectivity index (χ4v) is 9.94. The van der Waals surface area contributed by atoms with Gasteiger partial charge in [0.05, 0.1) is 22.1 Å². The highest BCUT2D eigenvalue weighted by molar-refractivity contribution is 6.40. The highest BCUT2D eigenvalue weighted by Gasteiger charge is 2.36. The largest absolute Gasteiger partial charge is 0.311 e. The van der Waals surface area contributed by atoms with Crippen molar-refractivity contribution >= 4 is 82.2 Å². The monoisotopic (exact) mass is 689 g/mol. The summed E-state index contributed by atoms with van der Waals surface area (Å²) in [5.41, 5.74) is 13.3. The van der Waals surface area contributed by atoms with E-state index in [9.17, 15) is 0 Å². The second-order valence-corrected chi connectivity index (χ2v) is 15.3. The van der Waals surface area contributed by atoms with Crippen LogP contribution < -0.4 is 4.90 Å². The number of aromatic nitrogens is 2. The van der Waals surface area contributed by atoms with Crippen molar-refractivity contribution in [2.75, 3.05) is 4.90 Å². The van der Waals surface area contributed by atoms with Crippen molar-refractivity contribution in [3.8, 4) is 11.4 Å². The Morgan fingerprint density at radius 2 is 0.778 bits per heavy atom. The van der Waals surface area contributed by atoms with Crippen molar-refractivity contribution in [1.29, 1.82) is 0 Å². The van der Waals surface area contributed by atoms with E-state index in [2.05, 4.69) is 204 Å². The van der Waals surface area contributed by atoms with Crippen molar-refractivity contribution < 1.29 is 0 Å². The van der Waals surface area contributed by atoms with E-state index >= 15 is 0 Å². The number of hydrogen-bond acceptors (Lipinski definition) is 1. The average molecular weight is 690 g/mol. The predicted octanol–water partition coefficient (Wildman–Crippen LogP) is 13.7. The van der Waals surface area contributed by atoms with Crippen molar-refractivity contribution in [2.45, 2.75) is 19.3 Å². The lowest BCUT2D eigenvalue weighted by Crippen LogP contribution is -2.15. The lowest BCUT2D eigenvalue weighted by atomic mass is 9.81. The molecule has 0 aliphatic heterocycles. The second-order valence-electron chi connectivity index (χ2n) is 15.3. The Bertz CT molecular complexity index is 3220. The summed E-state index contributed by atoms with van der Waals surface area (Å²) < 4.78 is 4.98. The molecule has 0 saturated heterocycles. The summed E-state index contributed by atoms with van der Waals surface area (Å²) in [6.45, 7) is 4.81. The second kappa shape index (κ2) is 10.6. The Morgan fingerprint density at radius 1 is 0.333 bits per heavy atom. The van der Waals surface area contributed by atoms with Crippen LogP contribution in [0.3, 0.4) is 0 Å². The molecule has 0 bridgehead atoms. The topological polar surface area (TPSA) is 13.1 Å². The van der Waals surface area contributed by atoms with Gasteiger partial charge in [0.2, 0.25) is 0 Å². The lowest BCUT2D eigenvalue weighted by Gasteiger charge is -2.25. The molecule has 54 heavy (non-hydrogen) atoms. The molecule has 0 radical (unpaired) electrons. The van der Waals surface area contributed by atoms with Crippen LogP contribution in [-0.4, -0.2) is 9.13 Å². The van der Waals surface area contributed by atoms with Crippen molar-refractivity contribution in [1.82, 2.24) is 9.13 Å². The van der Waals surface area contributed by atoms with Crippen LogP contribution in [0.4, 0.5) is 17.1 Å². The molecule has 3 heteroatoms. The van der Waals surface area contributed by atoms with Gasteiger partial charge in [-0.1, -0.05) is 105 Å². The van der Waals surface area contributed by atoms with Gasteiger partial charge in [0.15, 0.2) is 0 Å². The van der Waals surface area contributed by atoms with E-state index in [-0.39, 0.29) is 5.41 Å². The molecule has 2 aromatic heterocycles. The molecule has 12 rings (SSSR count). The quantitative estimate of drug-likeness (QED) is 0.175. The molecule has 0 unspecified atom stereocenters. The van der Waals surface area contributed by atoms with Crippen LogP contribution in [0, 0.1) is 0 Å². The van der Waals surface area contributed by atoms with E-state index in [1.165, 1.54) is 82.0 Å². The first kappa shape index (κ1) is 29.7. The van der Waals surface area contributed by atoms with Gasteiger partial charge in [0, 0.05) is 55.4 Å². The first-order chi connectivity index (χ1) is 26.6. The Balaban J connectivity index is 1.22. The van der Waals surface area contributed by atoms with Gasteiger partial charge in [-0.15, -0.1) is 0 Å². The van der Waals surface area contributed by atoms with Gasteiger partial charge < -0.3 is 14.0 Å². The van der Waals surface area contributed by atoms with Gasteiger partial charge in [-0.25, -0.2) is 0 Å². The predicted molar refractivity (Wildman–Crippen MR) is 228 cm³/mol. The number of hydrogen-bond donors (Lipinski definition) is 0. The maximum Gasteiger partial charge on any atom is 0.0549 e. The van der Waals surface area contributed by atoms with Gasteiger partial charge in [0.25, 0.3) is 0 Å². The minimum atomic E-state index is -0.122. The van der Waals surface area contributed by atoms with Crippen LogP contribution in [0.25, 0.3) is 76.5 Å². The number of anilines is 3. The van der Waals surface area contributed by atoms with Crippen LogP contribution in [0.5, 0.6) is 0 Å². The summed E-state index contributed by atoms with van der Waals surface area (Å²) in [6, 6.07) is 64.7. The standard InChI is InChI=1S/C51H35N3/c1-51(2)39-22-12-20-37-38-21-13-23-41-46(38)48-43(53(41)34-18-10-5-11-19-34)30-31-44-50(48)49-42(29-28-40(51)47(49)45(37)39)54(44)36-26-24-35(25-27-36)52(32-14-6-3-7-15-32)33-16-8-4-9-17-33/h3-31H,1-2H3. The molecule has 1 aliphatic rings. The van der Waals surface area contributed by atoms with E-state index in [0.717, 1.165) is 22.7 Å². The zero-order chi connectivity index (χ0) is 35.7. The van der Waals surface area contributed by atoms with Crippen molar-refractivity contribution in [2.24, 2.45) is 0 Å². The Hall–Kier alpha value is -6.84. The number of nitrogens with zero attached hydrogens (tertiary/aromatic N) is 3. The molecule has 0 spiro atoms. The number of rotatable bonds is 5. The fourth-order valence-electron chi connectivity index (χ4n) is 9.94. The molecular weight excluding hydrogens is 655 g/mol. The summed E-state index contributed by atoms with van der Waals surface area (Å²) in [5, 5.41) is 10.8. The summed E-state index contributed by atoms with van der Waals surface area (Å²) in [4.78, 5) is 2.33. The fraction of sp³-hybridized carbons (Fsp3) is 0.0588. The molecule has 2 heterocycles. The van der Waals surface area contributed by atoms with Gasteiger partial charge in [-0.2, -0.15) is 0 Å². The third-order valence-electron chi connectivity index (χ3n) is 12.2. The van der Waals surface area contributed by atoms with Crippen LogP contribution in [0.2, 0.25) is 0 Å². The van der Waals surface area contributed by atoms with Crippen molar-refractivity contribution in [3.05, 3.63) is 187 Å². The SMILES string of the molecule is CC1(C)c2cccc3c4cccc5c4c4c6c7c(c1ccc7n(-c1ccc(N(c7ccccc7)c7ccccc7)cc1)c6ccc4n5-c1ccccc1)c23. The number of fused-ring (bicyclic) bond motifs is 1. The molecule has 254 valence electrons. The molecule has 0 fully saturated rings. The third-order valence-corrected chi connectivity index (χ3v) is 12.2. The molecular formula is C51H35N3. The first-order valence-electron chi connectivity index (χ1n) is 18.9. The zero-order valence-corrected chi connectivity index (χ0v) is 30.1. The Labute approximate surface area is 312 Å². The normalized spacial score (nSPS) is 13.5. The molecule has 0 atom stereocenters. The molecule has 0 saturated carbocycles. The van der Waals surface area contributed by atoms with E-state index in [0.29, 0.717) is 0 Å². The molecule has 3 nitrogen and oxygen atoms in total. The van der Waals surface area contributed by atoms with Crippen LogP contribution in [0.1, 0.15) is 25.0 Å². The Morgan fingerprint density at radius 3 is 1.41 bits per heavy atom. The van der Waals surface area contributed by atoms with Crippen LogP contribution in [0.15, 0.2) is 176 Å². The maximum atomic E-state index is 2.51. The smallest absolute Gasteiger partial charge is 0.0549 e. The number of benzene rings is 8. The first-order valence-corrected chi connectivity index (χ1v) is 18.9. The van der Waals surface area contributed by atoms with Gasteiger partial charge in [-0.3, -0.25) is 0 Å². The van der Waals surface area contributed by atoms with Crippen LogP contribution >= 0.6 is 0 Å². The van der Waals surface area contributed by atoms with Gasteiger partial charge in [-0.05, 0) is 118 Å². The summed E-state index contributed by atoms with van der Waals surface area (Å²) in [5.74, 6) is 0. The molecule has 11 aromatic rings. The van der Waals surface area contributed by atoms with E-state index in [1.54, 1.807) is 0 Å². The summed E-state index contributed by atoms with van der Waals surface area (Å²) in [6.07, 6.45) is 0. The van der Waals surface area contributed by atoms with Gasteiger partial charge >= 0.3 is 0 Å². The van der Waals surface area contributed by atoms with E-state index in [4.69, 9.17) is 0 Å². The third kappa shape index (κ3) is 3.75. The molecule has 0 amide bonds. The minimum absolute atomic E-state index is 0.122. The van der Waals surface area contributed by atoms with Crippen LogP contribution in [-0.2, 0) is 5.41 Å². The van der Waals surface area contributed by atoms with E-state index < -0.39 is 0 Å². The zero-order valence-electron chi connectivity index (χ0n) is 30.1. The highest BCUT2D eigenvalue weighted by Crippen LogP contribution is 2.54. The number of para-hydroxylation sites is 3. The summed E-state index contributed by atoms with van der Waals surface area (Å²) >= 11 is 0. The molecule has 1 aliphatic carbocycles. The van der Waals surface area contributed by atoms with E-state index in [1.807, 2.05) is 0 Å². The maximum absolute atomic E-state index is 2.51. The minimum Gasteiger partial charge on any atom is -0.311 e. The van der Waals surface area contributed by atoms with Crippen molar-refractivity contribution in [3.63, 3.8) is 0 Å². The Kier molecular flexibility index (Phi) is 5.84. The lowest BCUT2D eigenvalue weighted by molar-refractivity contribution is 0.663. The molecule has 9 aromatic carbocycles.